The zero-order valence-corrected chi connectivity index (χ0v) is 17.0. The van der Waals surface area contributed by atoms with Gasteiger partial charge in [0.15, 0.2) is 5.96 Å². The molecule has 1 aromatic heterocycles. The minimum atomic E-state index is 0.352. The van der Waals surface area contributed by atoms with Gasteiger partial charge in [-0.05, 0) is 26.5 Å². The summed E-state index contributed by atoms with van der Waals surface area (Å²) >= 11 is 0. The van der Waals surface area contributed by atoms with E-state index in [0.717, 1.165) is 50.9 Å². The maximum absolute atomic E-state index is 4.75. The van der Waals surface area contributed by atoms with Crippen molar-refractivity contribution in [3.05, 3.63) is 48.0 Å². The molecule has 0 amide bonds. The number of likely N-dealkylation sites (N-methyl/N-ethyl adjacent to an activating group) is 1. The molecule has 0 fully saturated rings. The van der Waals surface area contributed by atoms with E-state index in [4.69, 9.17) is 4.99 Å². The van der Waals surface area contributed by atoms with Crippen LogP contribution in [0.4, 0.5) is 0 Å². The fraction of sp³-hybridized carbons (Fsp3) is 0.550. The molecule has 0 aliphatic rings. The van der Waals surface area contributed by atoms with Gasteiger partial charge in [0.2, 0.25) is 0 Å². The standard InChI is InChI=1S/C20H33N7/c1-5-19-25-24-16-27(19)13-12-22-20(21-6-2)23-14-17(3)26(4)15-18-10-8-7-9-11-18/h7-11,16-17H,5-6,12-15H2,1-4H3,(H2,21,22,23). The molecule has 7 nitrogen and oxygen atoms in total. The summed E-state index contributed by atoms with van der Waals surface area (Å²) in [6.07, 6.45) is 2.67. The lowest BCUT2D eigenvalue weighted by atomic mass is 10.2. The molecule has 0 radical (unpaired) electrons. The van der Waals surface area contributed by atoms with Crippen LogP contribution in [0.3, 0.4) is 0 Å². The van der Waals surface area contributed by atoms with Crippen molar-refractivity contribution in [2.75, 3.05) is 26.7 Å². The second-order valence-electron chi connectivity index (χ2n) is 6.69. The average Bonchev–Trinajstić information content (AvgIpc) is 3.14. The Hall–Kier alpha value is -2.41. The molecular formula is C20H33N7. The van der Waals surface area contributed by atoms with Crippen molar-refractivity contribution in [1.29, 1.82) is 0 Å². The molecular weight excluding hydrogens is 338 g/mol. The van der Waals surface area contributed by atoms with Crippen LogP contribution in [0, 0.1) is 0 Å². The lowest BCUT2D eigenvalue weighted by Crippen LogP contribution is -2.40. The molecule has 1 heterocycles. The van der Waals surface area contributed by atoms with Gasteiger partial charge in [0.1, 0.15) is 12.2 Å². The highest BCUT2D eigenvalue weighted by molar-refractivity contribution is 5.79. The van der Waals surface area contributed by atoms with Gasteiger partial charge in [0, 0.05) is 38.6 Å². The topological polar surface area (TPSA) is 70.4 Å². The molecule has 1 unspecified atom stereocenters. The number of benzene rings is 1. The predicted molar refractivity (Wildman–Crippen MR) is 111 cm³/mol. The number of hydrogen-bond acceptors (Lipinski definition) is 4. The number of aromatic nitrogens is 3. The Balaban J connectivity index is 1.82. The summed E-state index contributed by atoms with van der Waals surface area (Å²) in [5.41, 5.74) is 1.32. The lowest BCUT2D eigenvalue weighted by molar-refractivity contribution is 0.255. The Labute approximate surface area is 162 Å². The van der Waals surface area contributed by atoms with Crippen molar-refractivity contribution in [2.45, 2.75) is 46.3 Å². The summed E-state index contributed by atoms with van der Waals surface area (Å²) in [6, 6.07) is 10.9. The summed E-state index contributed by atoms with van der Waals surface area (Å²) in [6.45, 7) is 10.5. The number of nitrogens with one attached hydrogen (secondary N) is 2. The number of nitrogens with zero attached hydrogens (tertiary/aromatic N) is 5. The average molecular weight is 372 g/mol. The van der Waals surface area contributed by atoms with Gasteiger partial charge in [-0.25, -0.2) is 0 Å². The first-order valence-corrected chi connectivity index (χ1v) is 9.77. The van der Waals surface area contributed by atoms with Crippen LogP contribution < -0.4 is 10.6 Å². The zero-order chi connectivity index (χ0) is 19.5. The Bertz CT molecular complexity index is 681. The van der Waals surface area contributed by atoms with Crippen LogP contribution >= 0.6 is 0 Å². The highest BCUT2D eigenvalue weighted by atomic mass is 15.3. The third-order valence-electron chi connectivity index (χ3n) is 4.54. The summed E-state index contributed by atoms with van der Waals surface area (Å²) in [7, 11) is 2.14. The van der Waals surface area contributed by atoms with Crippen LogP contribution in [0.5, 0.6) is 0 Å². The molecule has 2 N–H and O–H groups in total. The van der Waals surface area contributed by atoms with Gasteiger partial charge in [-0.15, -0.1) is 10.2 Å². The van der Waals surface area contributed by atoms with Crippen LogP contribution in [0.25, 0.3) is 0 Å². The Morgan fingerprint density at radius 1 is 1.22 bits per heavy atom. The Morgan fingerprint density at radius 3 is 2.70 bits per heavy atom. The third-order valence-corrected chi connectivity index (χ3v) is 4.54. The lowest BCUT2D eigenvalue weighted by Gasteiger charge is -2.24. The largest absolute Gasteiger partial charge is 0.357 e. The Morgan fingerprint density at radius 2 is 2.00 bits per heavy atom. The maximum Gasteiger partial charge on any atom is 0.191 e. The van der Waals surface area contributed by atoms with Crippen LogP contribution in [-0.2, 0) is 19.5 Å². The fourth-order valence-electron chi connectivity index (χ4n) is 2.77. The molecule has 0 bridgehead atoms. The maximum atomic E-state index is 4.75. The van der Waals surface area contributed by atoms with E-state index in [1.165, 1.54) is 5.56 Å². The molecule has 0 aliphatic heterocycles. The molecule has 2 aromatic rings. The van der Waals surface area contributed by atoms with Gasteiger partial charge in [-0.2, -0.15) is 0 Å². The quantitative estimate of drug-likeness (QED) is 0.493. The van der Waals surface area contributed by atoms with E-state index in [9.17, 15) is 0 Å². The number of aliphatic imine (C=N–C) groups is 1. The van der Waals surface area contributed by atoms with Crippen molar-refractivity contribution in [3.63, 3.8) is 0 Å². The van der Waals surface area contributed by atoms with Gasteiger partial charge in [0.05, 0.1) is 6.54 Å². The van der Waals surface area contributed by atoms with Gasteiger partial charge < -0.3 is 15.2 Å². The molecule has 1 atom stereocenters. The first-order valence-electron chi connectivity index (χ1n) is 9.77. The number of aryl methyl sites for hydroxylation is 1. The van der Waals surface area contributed by atoms with Gasteiger partial charge >= 0.3 is 0 Å². The molecule has 1 aromatic carbocycles. The van der Waals surface area contributed by atoms with Crippen molar-refractivity contribution >= 4 is 5.96 Å². The Kier molecular flexibility index (Phi) is 8.77. The summed E-state index contributed by atoms with van der Waals surface area (Å²) < 4.78 is 2.08. The van der Waals surface area contributed by atoms with Crippen LogP contribution in [0.15, 0.2) is 41.7 Å². The van der Waals surface area contributed by atoms with Crippen molar-refractivity contribution in [2.24, 2.45) is 4.99 Å². The van der Waals surface area contributed by atoms with E-state index >= 15 is 0 Å². The highest BCUT2D eigenvalue weighted by Gasteiger charge is 2.10. The van der Waals surface area contributed by atoms with E-state index in [1.54, 1.807) is 6.33 Å². The van der Waals surface area contributed by atoms with Crippen molar-refractivity contribution < 1.29 is 0 Å². The molecule has 0 aliphatic carbocycles. The van der Waals surface area contributed by atoms with Gasteiger partial charge in [-0.3, -0.25) is 9.89 Å². The third kappa shape index (κ3) is 7.02. The monoisotopic (exact) mass is 371 g/mol. The van der Waals surface area contributed by atoms with Gasteiger partial charge in [-0.1, -0.05) is 37.3 Å². The number of hydrogen-bond donors (Lipinski definition) is 2. The molecule has 27 heavy (non-hydrogen) atoms. The van der Waals surface area contributed by atoms with E-state index in [1.807, 2.05) is 0 Å². The summed E-state index contributed by atoms with van der Waals surface area (Å²) in [4.78, 5) is 7.08. The highest BCUT2D eigenvalue weighted by Crippen LogP contribution is 2.06. The van der Waals surface area contributed by atoms with Crippen LogP contribution in [-0.4, -0.2) is 58.3 Å². The van der Waals surface area contributed by atoms with E-state index in [0.29, 0.717) is 6.04 Å². The zero-order valence-electron chi connectivity index (χ0n) is 17.0. The van der Waals surface area contributed by atoms with Gasteiger partial charge in [0.25, 0.3) is 0 Å². The molecule has 0 saturated heterocycles. The fourth-order valence-corrected chi connectivity index (χ4v) is 2.77. The van der Waals surface area contributed by atoms with E-state index in [-0.39, 0.29) is 0 Å². The summed E-state index contributed by atoms with van der Waals surface area (Å²) in [5, 5.41) is 14.8. The van der Waals surface area contributed by atoms with Crippen LogP contribution in [0.2, 0.25) is 0 Å². The minimum Gasteiger partial charge on any atom is -0.357 e. The smallest absolute Gasteiger partial charge is 0.191 e. The number of guanidine groups is 1. The molecule has 0 spiro atoms. The van der Waals surface area contributed by atoms with Crippen LogP contribution in [0.1, 0.15) is 32.2 Å². The first kappa shape index (κ1) is 20.9. The summed E-state index contributed by atoms with van der Waals surface area (Å²) in [5.74, 6) is 1.86. The second kappa shape index (κ2) is 11.3. The SMILES string of the molecule is CCNC(=NCC(C)N(C)Cc1ccccc1)NCCn1cnnc1CC. The predicted octanol–water partition coefficient (Wildman–Crippen LogP) is 1.92. The number of rotatable bonds is 10. The second-order valence-corrected chi connectivity index (χ2v) is 6.69. The molecule has 0 saturated carbocycles. The van der Waals surface area contributed by atoms with Crippen molar-refractivity contribution in [1.82, 2.24) is 30.3 Å². The van der Waals surface area contributed by atoms with E-state index in [2.05, 4.69) is 88.4 Å². The minimum absolute atomic E-state index is 0.352. The first-order chi connectivity index (χ1) is 13.1. The van der Waals surface area contributed by atoms with Crippen molar-refractivity contribution in [3.8, 4) is 0 Å². The normalized spacial score (nSPS) is 13.0. The van der Waals surface area contributed by atoms with E-state index < -0.39 is 0 Å². The molecule has 148 valence electrons. The molecule has 7 heteroatoms. The molecule has 2 rings (SSSR count).